The molecule has 0 unspecified atom stereocenters. The zero-order chi connectivity index (χ0) is 17.6. The molecule has 0 aliphatic carbocycles. The lowest BCUT2D eigenvalue weighted by molar-refractivity contribution is -0.139. The van der Waals surface area contributed by atoms with Crippen LogP contribution in [0.4, 0.5) is 5.69 Å². The van der Waals surface area contributed by atoms with Crippen molar-refractivity contribution in [3.63, 3.8) is 0 Å². The van der Waals surface area contributed by atoms with Gasteiger partial charge in [-0.1, -0.05) is 17.7 Å². The van der Waals surface area contributed by atoms with Crippen LogP contribution in [0, 0.1) is 6.92 Å². The van der Waals surface area contributed by atoms with E-state index >= 15 is 0 Å². The molecule has 1 aromatic carbocycles. The third-order valence-corrected chi connectivity index (χ3v) is 5.21. The van der Waals surface area contributed by atoms with Gasteiger partial charge in [0.2, 0.25) is 16.7 Å². The Morgan fingerprint density at radius 1 is 1.33 bits per heavy atom. The summed E-state index contributed by atoms with van der Waals surface area (Å²) in [6.07, 6.45) is 0. The summed E-state index contributed by atoms with van der Waals surface area (Å²) in [5.41, 5.74) is 2.47. The molecule has 1 aromatic rings. The first-order valence-corrected chi connectivity index (χ1v) is 8.42. The molecule has 0 saturated heterocycles. The van der Waals surface area contributed by atoms with Gasteiger partial charge in [-0.2, -0.15) is 5.01 Å². The van der Waals surface area contributed by atoms with Crippen LogP contribution < -0.4 is 10.2 Å². The highest BCUT2D eigenvalue weighted by atomic mass is 32.2. The van der Waals surface area contributed by atoms with Crippen LogP contribution in [0.2, 0.25) is 0 Å². The third-order valence-electron chi connectivity index (χ3n) is 3.97. The minimum absolute atomic E-state index is 0.227. The number of thioether (sulfide) groups is 1. The molecule has 1 spiro atoms. The molecule has 1 N–H and O–H groups in total. The van der Waals surface area contributed by atoms with Crippen molar-refractivity contribution in [2.75, 3.05) is 11.4 Å². The van der Waals surface area contributed by atoms with Crippen LogP contribution in [0.1, 0.15) is 31.9 Å². The van der Waals surface area contributed by atoms with Crippen LogP contribution in [0.5, 0.6) is 0 Å². The van der Waals surface area contributed by atoms with Crippen molar-refractivity contribution in [3.8, 4) is 0 Å². The number of likely N-dealkylation sites (N-methyl/N-ethyl adjacent to an activating group) is 1. The monoisotopic (exact) mass is 346 g/mol. The van der Waals surface area contributed by atoms with E-state index in [0.717, 1.165) is 28.6 Å². The van der Waals surface area contributed by atoms with Crippen LogP contribution in [-0.2, 0) is 19.3 Å². The molecule has 0 aromatic heterocycles. The SMILES string of the molecule is CCN1C(=O)[C@]2(SC(NC(C)=O)=NN2C(C)=O)c2cc(C)ccc21. The summed E-state index contributed by atoms with van der Waals surface area (Å²) in [6, 6.07) is 5.72. The van der Waals surface area contributed by atoms with E-state index in [-0.39, 0.29) is 22.9 Å². The fraction of sp³-hybridized carbons (Fsp3) is 0.375. The number of hydrogen-bond acceptors (Lipinski definition) is 5. The highest BCUT2D eigenvalue weighted by molar-refractivity contribution is 8.15. The Balaban J connectivity index is 2.19. The molecule has 2 aliphatic rings. The minimum Gasteiger partial charge on any atom is -0.309 e. The van der Waals surface area contributed by atoms with E-state index in [0.29, 0.717) is 6.54 Å². The molecule has 2 aliphatic heterocycles. The Hall–Kier alpha value is -2.35. The van der Waals surface area contributed by atoms with Gasteiger partial charge in [0.15, 0.2) is 5.17 Å². The van der Waals surface area contributed by atoms with Crippen LogP contribution in [0.3, 0.4) is 0 Å². The number of carbonyl (C=O) groups is 3. The molecule has 3 rings (SSSR count). The fourth-order valence-electron chi connectivity index (χ4n) is 3.04. The van der Waals surface area contributed by atoms with Gasteiger partial charge >= 0.3 is 0 Å². The number of benzene rings is 1. The Bertz CT molecular complexity index is 792. The molecule has 8 heteroatoms. The average molecular weight is 346 g/mol. The Morgan fingerprint density at radius 2 is 2.04 bits per heavy atom. The largest absolute Gasteiger partial charge is 0.309 e. The number of amides is 3. The normalized spacial score (nSPS) is 22.0. The second kappa shape index (κ2) is 5.62. The van der Waals surface area contributed by atoms with E-state index in [4.69, 9.17) is 0 Å². The van der Waals surface area contributed by atoms with Gasteiger partial charge in [-0.15, -0.1) is 5.10 Å². The van der Waals surface area contributed by atoms with Gasteiger partial charge < -0.3 is 10.2 Å². The van der Waals surface area contributed by atoms with Crippen molar-refractivity contribution >= 4 is 40.3 Å². The van der Waals surface area contributed by atoms with Gasteiger partial charge in [-0.3, -0.25) is 14.4 Å². The molecular weight excluding hydrogens is 328 g/mol. The number of amidine groups is 1. The summed E-state index contributed by atoms with van der Waals surface area (Å²) >= 11 is 1.10. The smallest absolute Gasteiger partial charge is 0.270 e. The van der Waals surface area contributed by atoms with E-state index in [1.807, 2.05) is 32.0 Å². The van der Waals surface area contributed by atoms with E-state index < -0.39 is 4.87 Å². The fourth-order valence-corrected chi connectivity index (χ4v) is 4.36. The van der Waals surface area contributed by atoms with Gasteiger partial charge in [0, 0.05) is 26.0 Å². The molecule has 24 heavy (non-hydrogen) atoms. The Labute approximate surface area is 144 Å². The molecule has 1 atom stereocenters. The average Bonchev–Trinajstić information content (AvgIpc) is 2.98. The number of fused-ring (bicyclic) bond motifs is 2. The summed E-state index contributed by atoms with van der Waals surface area (Å²) in [5.74, 6) is -0.888. The van der Waals surface area contributed by atoms with Crippen LogP contribution in [0.15, 0.2) is 23.3 Å². The molecule has 2 heterocycles. The first kappa shape index (κ1) is 16.5. The Morgan fingerprint density at radius 3 is 2.62 bits per heavy atom. The first-order valence-electron chi connectivity index (χ1n) is 7.60. The summed E-state index contributed by atoms with van der Waals surface area (Å²) in [5, 5.41) is 8.21. The van der Waals surface area contributed by atoms with Gasteiger partial charge in [0.1, 0.15) is 0 Å². The summed E-state index contributed by atoms with van der Waals surface area (Å²) in [4.78, 5) is 37.1. The number of nitrogens with zero attached hydrogens (tertiary/aromatic N) is 3. The molecular formula is C16H18N4O3S. The number of aryl methyl sites for hydroxylation is 1. The summed E-state index contributed by atoms with van der Waals surface area (Å²) in [7, 11) is 0. The maximum Gasteiger partial charge on any atom is 0.270 e. The van der Waals surface area contributed by atoms with E-state index in [9.17, 15) is 14.4 Å². The van der Waals surface area contributed by atoms with Crippen LogP contribution in [-0.4, -0.2) is 34.4 Å². The summed E-state index contributed by atoms with van der Waals surface area (Å²) < 4.78 is 0. The Kier molecular flexibility index (Phi) is 3.87. The highest BCUT2D eigenvalue weighted by Crippen LogP contribution is 2.54. The summed E-state index contributed by atoms with van der Waals surface area (Å²) in [6.45, 7) is 7.02. The number of rotatable bonds is 1. The van der Waals surface area contributed by atoms with E-state index in [1.165, 1.54) is 18.9 Å². The van der Waals surface area contributed by atoms with Crippen molar-refractivity contribution in [2.45, 2.75) is 32.6 Å². The predicted molar refractivity (Wildman–Crippen MR) is 92.2 cm³/mol. The second-order valence-electron chi connectivity index (χ2n) is 5.73. The van der Waals surface area contributed by atoms with Crippen LogP contribution >= 0.6 is 11.8 Å². The molecule has 3 amide bonds. The molecule has 0 fully saturated rings. The molecule has 126 valence electrons. The van der Waals surface area contributed by atoms with Crippen molar-refractivity contribution < 1.29 is 14.4 Å². The van der Waals surface area contributed by atoms with Crippen LogP contribution in [0.25, 0.3) is 0 Å². The number of carbonyl (C=O) groups excluding carboxylic acids is 3. The standard InChI is InChI=1S/C16H18N4O3S/c1-5-19-13-7-6-9(2)8-12(13)16(14(19)23)20(11(4)22)18-15(24-16)17-10(3)21/h6-8H,5H2,1-4H3,(H,17,18,21)/t16-/m1/s1. The number of anilines is 1. The topological polar surface area (TPSA) is 82.1 Å². The number of hydrogen-bond donors (Lipinski definition) is 1. The van der Waals surface area contributed by atoms with E-state index in [2.05, 4.69) is 10.4 Å². The maximum absolute atomic E-state index is 13.2. The first-order chi connectivity index (χ1) is 11.3. The number of hydrazone groups is 1. The second-order valence-corrected chi connectivity index (χ2v) is 6.91. The zero-order valence-electron chi connectivity index (χ0n) is 13.9. The molecule has 0 radical (unpaired) electrons. The van der Waals surface area contributed by atoms with Crippen molar-refractivity contribution in [3.05, 3.63) is 29.3 Å². The van der Waals surface area contributed by atoms with Gasteiger partial charge in [0.25, 0.3) is 5.91 Å². The lowest BCUT2D eigenvalue weighted by Crippen LogP contribution is -2.48. The quantitative estimate of drug-likeness (QED) is 0.836. The van der Waals surface area contributed by atoms with Gasteiger partial charge in [-0.25, -0.2) is 0 Å². The minimum atomic E-state index is -1.29. The maximum atomic E-state index is 13.2. The van der Waals surface area contributed by atoms with Crippen molar-refractivity contribution in [1.82, 2.24) is 10.3 Å². The zero-order valence-corrected chi connectivity index (χ0v) is 14.7. The van der Waals surface area contributed by atoms with Crippen molar-refractivity contribution in [1.29, 1.82) is 0 Å². The molecule has 7 nitrogen and oxygen atoms in total. The lowest BCUT2D eigenvalue weighted by Gasteiger charge is -2.29. The van der Waals surface area contributed by atoms with E-state index in [1.54, 1.807) is 4.90 Å². The van der Waals surface area contributed by atoms with Gasteiger partial charge in [-0.05, 0) is 31.7 Å². The lowest BCUT2D eigenvalue weighted by atomic mass is 10.0. The van der Waals surface area contributed by atoms with Gasteiger partial charge in [0.05, 0.1) is 5.69 Å². The van der Waals surface area contributed by atoms with Crippen molar-refractivity contribution in [2.24, 2.45) is 5.10 Å². The molecule has 0 bridgehead atoms. The third kappa shape index (κ3) is 2.21. The molecule has 0 saturated carbocycles. The highest BCUT2D eigenvalue weighted by Gasteiger charge is 2.60. The number of nitrogens with one attached hydrogen (secondary N) is 1. The predicted octanol–water partition coefficient (Wildman–Crippen LogP) is 1.52.